The molecule has 0 saturated heterocycles. The smallest absolute Gasteiger partial charge is 0.314 e. The van der Waals surface area contributed by atoms with E-state index in [9.17, 15) is 9.59 Å². The first-order valence-corrected chi connectivity index (χ1v) is 11.1. The summed E-state index contributed by atoms with van der Waals surface area (Å²) in [7, 11) is 0. The lowest BCUT2D eigenvalue weighted by molar-refractivity contribution is -0.148. The van der Waals surface area contributed by atoms with Crippen molar-refractivity contribution < 1.29 is 9.53 Å². The Morgan fingerprint density at radius 1 is 1.24 bits per heavy atom. The maximum atomic E-state index is 12.9. The third-order valence-corrected chi connectivity index (χ3v) is 6.95. The zero-order valence-electron chi connectivity index (χ0n) is 16.9. The average Bonchev–Trinajstić information content (AvgIpc) is 3.12. The number of benzene rings is 1. The van der Waals surface area contributed by atoms with Crippen molar-refractivity contribution in [3.63, 3.8) is 0 Å². The fraction of sp³-hybridized carbons (Fsp3) is 0.435. The summed E-state index contributed by atoms with van der Waals surface area (Å²) >= 11 is 1.59. The van der Waals surface area contributed by atoms with Crippen molar-refractivity contribution in [2.24, 2.45) is 5.92 Å². The van der Waals surface area contributed by atoms with Crippen molar-refractivity contribution >= 4 is 22.3 Å². The van der Waals surface area contributed by atoms with Gasteiger partial charge in [-0.2, -0.15) is 0 Å². The lowest BCUT2D eigenvalue weighted by Gasteiger charge is -2.21. The van der Waals surface area contributed by atoms with Crippen LogP contribution in [0.1, 0.15) is 60.9 Å². The molecule has 0 amide bonds. The molecular formula is C23H26N2O3S. The maximum absolute atomic E-state index is 12.9. The Morgan fingerprint density at radius 2 is 2.00 bits per heavy atom. The van der Waals surface area contributed by atoms with Crippen LogP contribution in [0.3, 0.4) is 0 Å². The number of rotatable bonds is 6. The Bertz CT molecular complexity index is 1070. The standard InChI is InChI=1S/C23H26N2O3S/c1-3-15(2)21(16-9-5-4-6-10-16)22(27)28-14-17-13-20(26)25-18-11-7-8-12-19(18)29-23(25)24-17/h4-6,9-10,13,15,21H,3,7-8,11-12,14H2,1-2H3/t15-,21+/m1/s1. The van der Waals surface area contributed by atoms with Crippen LogP contribution in [0.2, 0.25) is 0 Å². The van der Waals surface area contributed by atoms with Crippen LogP contribution in [0, 0.1) is 5.92 Å². The van der Waals surface area contributed by atoms with Crippen molar-refractivity contribution in [2.75, 3.05) is 0 Å². The zero-order chi connectivity index (χ0) is 20.4. The maximum Gasteiger partial charge on any atom is 0.314 e. The Labute approximate surface area is 174 Å². The summed E-state index contributed by atoms with van der Waals surface area (Å²) in [5.41, 5.74) is 2.50. The number of hydrogen-bond acceptors (Lipinski definition) is 5. The van der Waals surface area contributed by atoms with Gasteiger partial charge in [0.25, 0.3) is 5.56 Å². The first kappa shape index (κ1) is 19.8. The molecule has 2 atom stereocenters. The Hall–Kier alpha value is -2.47. The van der Waals surface area contributed by atoms with Crippen LogP contribution < -0.4 is 5.56 Å². The molecule has 2 heterocycles. The Morgan fingerprint density at radius 3 is 2.76 bits per heavy atom. The summed E-state index contributed by atoms with van der Waals surface area (Å²) in [5.74, 6) is -0.423. The number of fused-ring (bicyclic) bond motifs is 3. The Kier molecular flexibility index (Phi) is 5.81. The Balaban J connectivity index is 1.55. The number of hydrogen-bond donors (Lipinski definition) is 0. The highest BCUT2D eigenvalue weighted by Crippen LogP contribution is 2.30. The van der Waals surface area contributed by atoms with Crippen LogP contribution in [0.4, 0.5) is 0 Å². The third-order valence-electron chi connectivity index (χ3n) is 5.80. The average molecular weight is 411 g/mol. The number of nitrogens with zero attached hydrogens (tertiary/aromatic N) is 2. The van der Waals surface area contributed by atoms with E-state index in [4.69, 9.17) is 4.74 Å². The highest BCUT2D eigenvalue weighted by molar-refractivity contribution is 7.17. The van der Waals surface area contributed by atoms with Gasteiger partial charge in [-0.25, -0.2) is 4.98 Å². The molecular weight excluding hydrogens is 384 g/mol. The van der Waals surface area contributed by atoms with E-state index < -0.39 is 0 Å². The van der Waals surface area contributed by atoms with Gasteiger partial charge in [-0.05, 0) is 37.2 Å². The van der Waals surface area contributed by atoms with Gasteiger partial charge >= 0.3 is 5.97 Å². The summed E-state index contributed by atoms with van der Waals surface area (Å²) in [6, 6.07) is 11.2. The van der Waals surface area contributed by atoms with Gasteiger partial charge in [-0.3, -0.25) is 14.0 Å². The lowest BCUT2D eigenvalue weighted by Crippen LogP contribution is -2.23. The molecule has 0 aliphatic heterocycles. The largest absolute Gasteiger partial charge is 0.459 e. The summed E-state index contributed by atoms with van der Waals surface area (Å²) in [4.78, 5) is 32.2. The highest BCUT2D eigenvalue weighted by atomic mass is 32.1. The fourth-order valence-electron chi connectivity index (χ4n) is 4.04. The molecule has 0 fully saturated rings. The third kappa shape index (κ3) is 3.99. The molecule has 0 N–H and O–H groups in total. The lowest BCUT2D eigenvalue weighted by atomic mass is 9.86. The fourth-order valence-corrected chi connectivity index (χ4v) is 5.28. The molecule has 0 spiro atoms. The number of aryl methyl sites for hydroxylation is 2. The van der Waals surface area contributed by atoms with Gasteiger partial charge in [0.05, 0.1) is 11.6 Å². The van der Waals surface area contributed by atoms with Crippen LogP contribution in [-0.4, -0.2) is 15.4 Å². The van der Waals surface area contributed by atoms with E-state index in [0.717, 1.165) is 43.4 Å². The molecule has 2 aromatic heterocycles. The molecule has 6 heteroatoms. The molecule has 0 saturated carbocycles. The van der Waals surface area contributed by atoms with Gasteiger partial charge in [0.15, 0.2) is 4.96 Å². The van der Waals surface area contributed by atoms with Gasteiger partial charge in [-0.1, -0.05) is 50.6 Å². The van der Waals surface area contributed by atoms with Crippen LogP contribution in [0.25, 0.3) is 4.96 Å². The van der Waals surface area contributed by atoms with Gasteiger partial charge in [-0.15, -0.1) is 11.3 Å². The number of carbonyl (C=O) groups excluding carboxylic acids is 1. The van der Waals surface area contributed by atoms with Crippen LogP contribution in [0.5, 0.6) is 0 Å². The molecule has 0 radical (unpaired) electrons. The van der Waals surface area contributed by atoms with Gasteiger partial charge in [0.1, 0.15) is 6.61 Å². The summed E-state index contributed by atoms with van der Waals surface area (Å²) in [6.45, 7) is 4.15. The topological polar surface area (TPSA) is 60.7 Å². The van der Waals surface area contributed by atoms with E-state index in [1.165, 1.54) is 10.9 Å². The highest BCUT2D eigenvalue weighted by Gasteiger charge is 2.27. The first-order chi connectivity index (χ1) is 14.1. The summed E-state index contributed by atoms with van der Waals surface area (Å²) in [5, 5.41) is 0. The second kappa shape index (κ2) is 8.49. The molecule has 5 nitrogen and oxygen atoms in total. The number of carbonyl (C=O) groups is 1. The number of esters is 1. The van der Waals surface area contributed by atoms with Gasteiger partial charge in [0, 0.05) is 16.6 Å². The van der Waals surface area contributed by atoms with Crippen LogP contribution in [0.15, 0.2) is 41.2 Å². The quantitative estimate of drug-likeness (QED) is 0.561. The molecule has 1 aliphatic carbocycles. The molecule has 1 aliphatic rings. The molecule has 1 aromatic carbocycles. The number of ether oxygens (including phenoxy) is 1. The van der Waals surface area contributed by atoms with Crippen molar-refractivity contribution in [3.8, 4) is 0 Å². The second-order valence-corrected chi connectivity index (χ2v) is 8.83. The normalized spacial score (nSPS) is 15.7. The van der Waals surface area contributed by atoms with E-state index in [1.807, 2.05) is 30.3 Å². The summed E-state index contributed by atoms with van der Waals surface area (Å²) < 4.78 is 7.36. The van der Waals surface area contributed by atoms with E-state index >= 15 is 0 Å². The number of thiazole rings is 1. The molecule has 0 bridgehead atoms. The van der Waals surface area contributed by atoms with E-state index in [-0.39, 0.29) is 30.0 Å². The minimum Gasteiger partial charge on any atom is -0.459 e. The minimum absolute atomic E-state index is 0.0207. The predicted molar refractivity (Wildman–Crippen MR) is 114 cm³/mol. The molecule has 4 rings (SSSR count). The number of aromatic nitrogens is 2. The minimum atomic E-state index is -0.319. The van der Waals surface area contributed by atoms with Crippen LogP contribution in [-0.2, 0) is 29.0 Å². The van der Waals surface area contributed by atoms with E-state index in [1.54, 1.807) is 15.7 Å². The molecule has 152 valence electrons. The van der Waals surface area contributed by atoms with Gasteiger partial charge < -0.3 is 4.74 Å². The molecule has 0 unspecified atom stereocenters. The van der Waals surface area contributed by atoms with E-state index in [2.05, 4.69) is 18.8 Å². The molecule has 3 aromatic rings. The monoisotopic (exact) mass is 410 g/mol. The van der Waals surface area contributed by atoms with Gasteiger partial charge in [0.2, 0.25) is 0 Å². The van der Waals surface area contributed by atoms with Crippen molar-refractivity contribution in [1.82, 2.24) is 9.38 Å². The van der Waals surface area contributed by atoms with Crippen molar-refractivity contribution in [3.05, 3.63) is 68.6 Å². The molecule has 29 heavy (non-hydrogen) atoms. The predicted octanol–water partition coefficient (Wildman–Crippen LogP) is 4.51. The zero-order valence-corrected chi connectivity index (χ0v) is 17.7. The van der Waals surface area contributed by atoms with Crippen LogP contribution >= 0.6 is 11.3 Å². The van der Waals surface area contributed by atoms with Crippen molar-refractivity contribution in [2.45, 2.75) is 58.5 Å². The SMILES string of the molecule is CC[C@@H](C)[C@H](C(=O)OCc1cc(=O)n2c3c(sc2n1)CCCC3)c1ccccc1. The van der Waals surface area contributed by atoms with Crippen molar-refractivity contribution in [1.29, 1.82) is 0 Å². The van der Waals surface area contributed by atoms with E-state index in [0.29, 0.717) is 10.7 Å². The second-order valence-electron chi connectivity index (χ2n) is 7.76. The first-order valence-electron chi connectivity index (χ1n) is 10.3. The summed E-state index contributed by atoms with van der Waals surface area (Å²) in [6.07, 6.45) is 5.09.